The van der Waals surface area contributed by atoms with E-state index in [-0.39, 0.29) is 18.4 Å². The fraction of sp³-hybridized carbons (Fsp3) is 0.462. The first-order valence-corrected chi connectivity index (χ1v) is 5.81. The molecule has 0 saturated carbocycles. The Balaban J connectivity index is 2.80. The van der Waals surface area contributed by atoms with Gasteiger partial charge in [-0.2, -0.15) is 0 Å². The lowest BCUT2D eigenvalue weighted by Crippen LogP contribution is -2.36. The van der Waals surface area contributed by atoms with Gasteiger partial charge in [0.25, 0.3) is 0 Å². The monoisotopic (exact) mass is 237 g/mol. The third-order valence-corrected chi connectivity index (χ3v) is 2.41. The van der Waals surface area contributed by atoms with Crippen LogP contribution in [0.2, 0.25) is 0 Å². The molecule has 0 amide bonds. The van der Waals surface area contributed by atoms with Gasteiger partial charge in [-0.15, -0.1) is 0 Å². The molecule has 94 valence electrons. The lowest BCUT2D eigenvalue weighted by molar-refractivity contribution is 0.0944. The highest BCUT2D eigenvalue weighted by Gasteiger charge is 2.17. The zero-order valence-electron chi connectivity index (χ0n) is 10.3. The lowest BCUT2D eigenvalue weighted by atomic mass is 10.0. The fourth-order valence-corrected chi connectivity index (χ4v) is 1.56. The van der Waals surface area contributed by atoms with E-state index < -0.39 is 0 Å². The molecule has 1 unspecified atom stereocenters. The number of carbonyl (C=O) groups excluding carboxylic acids is 1. The number of aliphatic hydroxyl groups excluding tert-OH is 1. The zero-order chi connectivity index (χ0) is 12.7. The minimum atomic E-state index is -0.330. The second-order valence-corrected chi connectivity index (χ2v) is 3.69. The number of ether oxygens (including phenoxy) is 1. The Morgan fingerprint density at radius 3 is 2.82 bits per heavy atom. The molecule has 1 aromatic rings. The van der Waals surface area contributed by atoms with E-state index in [9.17, 15) is 4.79 Å². The maximum absolute atomic E-state index is 12.1. The van der Waals surface area contributed by atoms with Crippen LogP contribution in [-0.4, -0.2) is 36.7 Å². The fourth-order valence-electron chi connectivity index (χ4n) is 1.56. The highest BCUT2D eigenvalue weighted by molar-refractivity contribution is 6.02. The Hall–Kier alpha value is -1.39. The molecule has 0 spiro atoms. The number of Topliss-reactive ketones (excluding diaryl/α,β-unsaturated/α-hetero) is 1. The van der Waals surface area contributed by atoms with E-state index in [0.29, 0.717) is 24.5 Å². The SMILES string of the molecule is CCOc1ccccc1C(=O)C(C)NCCO. The molecule has 0 aliphatic rings. The van der Waals surface area contributed by atoms with Crippen molar-refractivity contribution in [3.63, 3.8) is 0 Å². The highest BCUT2D eigenvalue weighted by Crippen LogP contribution is 2.19. The van der Waals surface area contributed by atoms with Crippen LogP contribution in [0.5, 0.6) is 5.75 Å². The van der Waals surface area contributed by atoms with Gasteiger partial charge in [0.2, 0.25) is 0 Å². The molecule has 0 saturated heterocycles. The maximum Gasteiger partial charge on any atom is 0.183 e. The Labute approximate surface area is 102 Å². The van der Waals surface area contributed by atoms with Crippen molar-refractivity contribution in [3.8, 4) is 5.75 Å². The predicted molar refractivity (Wildman–Crippen MR) is 66.5 cm³/mol. The molecule has 17 heavy (non-hydrogen) atoms. The smallest absolute Gasteiger partial charge is 0.183 e. The van der Waals surface area contributed by atoms with Gasteiger partial charge in [-0.25, -0.2) is 0 Å². The number of benzene rings is 1. The molecule has 0 aromatic heterocycles. The van der Waals surface area contributed by atoms with Gasteiger partial charge < -0.3 is 15.2 Å². The van der Waals surface area contributed by atoms with E-state index in [2.05, 4.69) is 5.32 Å². The Morgan fingerprint density at radius 2 is 2.18 bits per heavy atom. The summed E-state index contributed by atoms with van der Waals surface area (Å²) in [5.41, 5.74) is 0.576. The van der Waals surface area contributed by atoms with Crippen molar-refractivity contribution in [2.24, 2.45) is 0 Å². The van der Waals surface area contributed by atoms with Crippen LogP contribution >= 0.6 is 0 Å². The summed E-state index contributed by atoms with van der Waals surface area (Å²) in [5.74, 6) is 0.583. The predicted octanol–water partition coefficient (Wildman–Crippen LogP) is 1.24. The van der Waals surface area contributed by atoms with Crippen LogP contribution in [-0.2, 0) is 0 Å². The Morgan fingerprint density at radius 1 is 1.47 bits per heavy atom. The van der Waals surface area contributed by atoms with Crippen LogP contribution in [0.1, 0.15) is 24.2 Å². The standard InChI is InChI=1S/C13H19NO3/c1-3-17-12-7-5-4-6-11(12)13(16)10(2)14-8-9-15/h4-7,10,14-15H,3,8-9H2,1-2H3. The van der Waals surface area contributed by atoms with Gasteiger partial charge in [0.1, 0.15) is 5.75 Å². The minimum Gasteiger partial charge on any atom is -0.493 e. The summed E-state index contributed by atoms with van der Waals surface area (Å²) in [6.07, 6.45) is 0. The molecular formula is C13H19NO3. The van der Waals surface area contributed by atoms with E-state index in [0.717, 1.165) is 0 Å². The van der Waals surface area contributed by atoms with Crippen LogP contribution in [0.25, 0.3) is 0 Å². The van der Waals surface area contributed by atoms with Crippen LogP contribution in [0.15, 0.2) is 24.3 Å². The number of nitrogens with one attached hydrogen (secondary N) is 1. The summed E-state index contributed by atoms with van der Waals surface area (Å²) in [7, 11) is 0. The van der Waals surface area contributed by atoms with Gasteiger partial charge in [0, 0.05) is 6.54 Å². The Kier molecular flexibility index (Phi) is 5.66. The van der Waals surface area contributed by atoms with Crippen molar-refractivity contribution in [2.45, 2.75) is 19.9 Å². The molecule has 0 heterocycles. The second kappa shape index (κ2) is 7.04. The molecule has 0 aliphatic carbocycles. The first-order valence-electron chi connectivity index (χ1n) is 5.81. The van der Waals surface area contributed by atoms with Crippen LogP contribution in [0.3, 0.4) is 0 Å². The summed E-state index contributed by atoms with van der Waals surface area (Å²) in [6, 6.07) is 6.87. The first-order chi connectivity index (χ1) is 8.20. The number of para-hydroxylation sites is 1. The molecule has 1 aromatic carbocycles. The molecule has 0 fully saturated rings. The van der Waals surface area contributed by atoms with E-state index in [1.54, 1.807) is 19.1 Å². The normalized spacial score (nSPS) is 12.2. The minimum absolute atomic E-state index is 0.0186. The third kappa shape index (κ3) is 3.84. The van der Waals surface area contributed by atoms with Crippen molar-refractivity contribution in [1.82, 2.24) is 5.32 Å². The number of ketones is 1. The highest BCUT2D eigenvalue weighted by atomic mass is 16.5. The van der Waals surface area contributed by atoms with Crippen molar-refractivity contribution < 1.29 is 14.6 Å². The summed E-state index contributed by atoms with van der Waals surface area (Å²) >= 11 is 0. The molecule has 1 rings (SSSR count). The van der Waals surface area contributed by atoms with E-state index in [4.69, 9.17) is 9.84 Å². The molecule has 0 aliphatic heterocycles. The van der Waals surface area contributed by atoms with E-state index >= 15 is 0 Å². The number of aliphatic hydroxyl groups is 1. The lowest BCUT2D eigenvalue weighted by Gasteiger charge is -2.14. The molecule has 0 radical (unpaired) electrons. The summed E-state index contributed by atoms with van der Waals surface area (Å²) < 4.78 is 5.41. The molecular weight excluding hydrogens is 218 g/mol. The molecule has 4 nitrogen and oxygen atoms in total. The van der Waals surface area contributed by atoms with Crippen molar-refractivity contribution in [3.05, 3.63) is 29.8 Å². The number of hydrogen-bond acceptors (Lipinski definition) is 4. The topological polar surface area (TPSA) is 58.6 Å². The van der Waals surface area contributed by atoms with Gasteiger partial charge in [-0.1, -0.05) is 12.1 Å². The molecule has 2 N–H and O–H groups in total. The summed E-state index contributed by atoms with van der Waals surface area (Å²) in [6.45, 7) is 4.62. The zero-order valence-corrected chi connectivity index (χ0v) is 10.3. The molecule has 4 heteroatoms. The molecule has 0 bridgehead atoms. The van der Waals surface area contributed by atoms with Crippen LogP contribution < -0.4 is 10.1 Å². The summed E-state index contributed by atoms with van der Waals surface area (Å²) in [5, 5.41) is 11.7. The third-order valence-electron chi connectivity index (χ3n) is 2.41. The molecule has 1 atom stereocenters. The number of carbonyl (C=O) groups is 1. The van der Waals surface area contributed by atoms with Crippen molar-refractivity contribution in [2.75, 3.05) is 19.8 Å². The maximum atomic E-state index is 12.1. The average molecular weight is 237 g/mol. The number of hydrogen-bond donors (Lipinski definition) is 2. The number of rotatable bonds is 7. The van der Waals surface area contributed by atoms with Crippen molar-refractivity contribution in [1.29, 1.82) is 0 Å². The largest absolute Gasteiger partial charge is 0.493 e. The quantitative estimate of drug-likeness (QED) is 0.700. The van der Waals surface area contributed by atoms with Gasteiger partial charge in [0.15, 0.2) is 5.78 Å². The van der Waals surface area contributed by atoms with Gasteiger partial charge in [-0.3, -0.25) is 4.79 Å². The first kappa shape index (κ1) is 13.7. The summed E-state index contributed by atoms with van der Waals surface area (Å²) in [4.78, 5) is 12.1. The van der Waals surface area contributed by atoms with E-state index in [1.807, 2.05) is 19.1 Å². The van der Waals surface area contributed by atoms with E-state index in [1.165, 1.54) is 0 Å². The van der Waals surface area contributed by atoms with Gasteiger partial charge in [0.05, 0.1) is 24.8 Å². The van der Waals surface area contributed by atoms with Crippen LogP contribution in [0.4, 0.5) is 0 Å². The van der Waals surface area contributed by atoms with Crippen molar-refractivity contribution >= 4 is 5.78 Å². The van der Waals surface area contributed by atoms with Gasteiger partial charge >= 0.3 is 0 Å². The van der Waals surface area contributed by atoms with Crippen LogP contribution in [0, 0.1) is 0 Å². The average Bonchev–Trinajstić information content (AvgIpc) is 2.36. The second-order valence-electron chi connectivity index (χ2n) is 3.69. The van der Waals surface area contributed by atoms with Gasteiger partial charge in [-0.05, 0) is 26.0 Å². The Bertz CT molecular complexity index is 365.